The Labute approximate surface area is 337 Å². The molecule has 0 aliphatic carbocycles. The highest BCUT2D eigenvalue weighted by atomic mass is 32.1. The van der Waals surface area contributed by atoms with Crippen molar-refractivity contribution in [2.24, 2.45) is 9.98 Å². The van der Waals surface area contributed by atoms with Gasteiger partial charge in [0, 0.05) is 58.4 Å². The van der Waals surface area contributed by atoms with Crippen LogP contribution < -0.4 is 0 Å². The van der Waals surface area contributed by atoms with E-state index < -0.39 is 6.04 Å². The average Bonchev–Trinajstić information content (AvgIpc) is 3.97. The van der Waals surface area contributed by atoms with Crippen molar-refractivity contribution in [3.05, 3.63) is 205 Å². The Morgan fingerprint density at radius 1 is 0.466 bits per heavy atom. The van der Waals surface area contributed by atoms with Gasteiger partial charge in [0.05, 0.1) is 5.71 Å². The molecular formula is C53H32N2O2S. The molecular weight excluding hydrogens is 729 g/mol. The maximum atomic E-state index is 6.83. The van der Waals surface area contributed by atoms with Crippen LogP contribution in [0, 0.1) is 0 Å². The first kappa shape index (κ1) is 32.9. The van der Waals surface area contributed by atoms with Crippen LogP contribution in [-0.2, 0) is 0 Å². The number of benzene rings is 8. The van der Waals surface area contributed by atoms with Crippen LogP contribution in [0.1, 0.15) is 22.7 Å². The van der Waals surface area contributed by atoms with E-state index in [1.165, 1.54) is 20.2 Å². The fourth-order valence-corrected chi connectivity index (χ4v) is 9.86. The van der Waals surface area contributed by atoms with Crippen LogP contribution in [0.25, 0.3) is 86.3 Å². The van der Waals surface area contributed by atoms with E-state index in [9.17, 15) is 0 Å². The average molecular weight is 761 g/mol. The van der Waals surface area contributed by atoms with E-state index in [-0.39, 0.29) is 0 Å². The second kappa shape index (κ2) is 12.8. The third-order valence-corrected chi connectivity index (χ3v) is 12.7. The minimum atomic E-state index is -0.399. The number of hydrogen-bond donors (Lipinski definition) is 0. The van der Waals surface area contributed by atoms with Crippen molar-refractivity contribution in [1.82, 2.24) is 0 Å². The third-order valence-electron chi connectivity index (χ3n) is 11.5. The number of aliphatic imine (C=N–C) groups is 2. The second-order valence-corrected chi connectivity index (χ2v) is 16.0. The fourth-order valence-electron chi connectivity index (χ4n) is 8.71. The zero-order valence-electron chi connectivity index (χ0n) is 31.1. The molecule has 12 rings (SSSR count). The van der Waals surface area contributed by atoms with Gasteiger partial charge in [-0.2, -0.15) is 0 Å². The summed E-state index contributed by atoms with van der Waals surface area (Å²) in [5.74, 6) is 0.649. The Bertz CT molecular complexity index is 3530. The fraction of sp³-hybridized carbons (Fsp3) is 0.0189. The molecule has 0 bridgehead atoms. The molecule has 4 heterocycles. The first-order valence-electron chi connectivity index (χ1n) is 19.4. The lowest BCUT2D eigenvalue weighted by atomic mass is 9.90. The van der Waals surface area contributed by atoms with Crippen LogP contribution in [0.2, 0.25) is 0 Å². The molecule has 1 atom stereocenters. The predicted octanol–water partition coefficient (Wildman–Crippen LogP) is 14.7. The predicted molar refractivity (Wildman–Crippen MR) is 243 cm³/mol. The van der Waals surface area contributed by atoms with Gasteiger partial charge < -0.3 is 8.83 Å². The molecule has 0 saturated carbocycles. The lowest BCUT2D eigenvalue weighted by molar-refractivity contribution is 0.666. The molecule has 0 saturated heterocycles. The van der Waals surface area contributed by atoms with E-state index in [0.29, 0.717) is 5.84 Å². The molecule has 272 valence electrons. The summed E-state index contributed by atoms with van der Waals surface area (Å²) in [6, 6.07) is 61.1. The highest BCUT2D eigenvalue weighted by Gasteiger charge is 2.29. The Morgan fingerprint density at radius 3 is 2.00 bits per heavy atom. The van der Waals surface area contributed by atoms with E-state index in [4.69, 9.17) is 18.8 Å². The molecule has 1 aliphatic heterocycles. The number of nitrogens with zero attached hydrogens (tertiary/aromatic N) is 2. The van der Waals surface area contributed by atoms with Gasteiger partial charge in [-0.3, -0.25) is 4.99 Å². The molecule has 0 amide bonds. The molecule has 5 heteroatoms. The maximum absolute atomic E-state index is 6.83. The number of thiophene rings is 1. The van der Waals surface area contributed by atoms with Gasteiger partial charge in [0.25, 0.3) is 0 Å². The molecule has 3 aromatic heterocycles. The molecule has 58 heavy (non-hydrogen) atoms. The smallest absolute Gasteiger partial charge is 0.156 e. The summed E-state index contributed by atoms with van der Waals surface area (Å²) in [5, 5.41) is 6.86. The number of para-hydroxylation sites is 1. The zero-order chi connectivity index (χ0) is 38.3. The van der Waals surface area contributed by atoms with Crippen LogP contribution >= 0.6 is 11.3 Å². The van der Waals surface area contributed by atoms with Crippen LogP contribution in [0.15, 0.2) is 207 Å². The first-order chi connectivity index (χ1) is 28.6. The third kappa shape index (κ3) is 5.14. The summed E-state index contributed by atoms with van der Waals surface area (Å²) in [4.78, 5) is 10.5. The number of furan rings is 2. The quantitative estimate of drug-likeness (QED) is 0.175. The maximum Gasteiger partial charge on any atom is 0.156 e. The highest BCUT2D eigenvalue weighted by molar-refractivity contribution is 7.25. The number of hydrogen-bond acceptors (Lipinski definition) is 5. The van der Waals surface area contributed by atoms with Gasteiger partial charge in [0.1, 0.15) is 28.4 Å². The van der Waals surface area contributed by atoms with Crippen molar-refractivity contribution in [2.75, 3.05) is 0 Å². The summed E-state index contributed by atoms with van der Waals surface area (Å²) in [6.45, 7) is 4.68. The summed E-state index contributed by atoms with van der Waals surface area (Å²) >= 11 is 1.83. The Morgan fingerprint density at radius 2 is 1.14 bits per heavy atom. The topological polar surface area (TPSA) is 51.0 Å². The summed E-state index contributed by atoms with van der Waals surface area (Å²) < 4.78 is 16.0. The lowest BCUT2D eigenvalue weighted by Gasteiger charge is -2.24. The van der Waals surface area contributed by atoms with Crippen molar-refractivity contribution < 1.29 is 8.83 Å². The van der Waals surface area contributed by atoms with Gasteiger partial charge in [-0.25, -0.2) is 4.99 Å². The zero-order valence-corrected chi connectivity index (χ0v) is 32.0. The number of fused-ring (bicyclic) bond motifs is 9. The van der Waals surface area contributed by atoms with Crippen molar-refractivity contribution in [3.8, 4) is 22.3 Å². The van der Waals surface area contributed by atoms with Crippen molar-refractivity contribution in [1.29, 1.82) is 0 Å². The van der Waals surface area contributed by atoms with Crippen LogP contribution in [-0.4, -0.2) is 11.5 Å². The highest BCUT2D eigenvalue weighted by Crippen LogP contribution is 2.42. The van der Waals surface area contributed by atoms with Gasteiger partial charge in [-0.15, -0.1) is 11.3 Å². The minimum Gasteiger partial charge on any atom is -0.456 e. The number of rotatable bonds is 5. The van der Waals surface area contributed by atoms with Gasteiger partial charge in [0.15, 0.2) is 5.84 Å². The molecule has 0 fully saturated rings. The minimum absolute atomic E-state index is 0.399. The van der Waals surface area contributed by atoms with E-state index in [1.54, 1.807) is 0 Å². The van der Waals surface area contributed by atoms with E-state index >= 15 is 0 Å². The summed E-state index contributed by atoms with van der Waals surface area (Å²) in [5.41, 5.74) is 12.2. The Kier molecular flexibility index (Phi) is 7.28. The molecule has 0 radical (unpaired) electrons. The van der Waals surface area contributed by atoms with Crippen LogP contribution in [0.3, 0.4) is 0 Å². The number of amidine groups is 1. The monoisotopic (exact) mass is 760 g/mol. The van der Waals surface area contributed by atoms with Crippen molar-refractivity contribution in [2.45, 2.75) is 6.04 Å². The normalized spacial score (nSPS) is 14.6. The van der Waals surface area contributed by atoms with Crippen LogP contribution in [0.4, 0.5) is 0 Å². The Hall–Kier alpha value is -7.34. The molecule has 1 unspecified atom stereocenters. The second-order valence-electron chi connectivity index (χ2n) is 14.9. The summed E-state index contributed by atoms with van der Waals surface area (Å²) in [6.07, 6.45) is 0. The van der Waals surface area contributed by atoms with Crippen LogP contribution in [0.5, 0.6) is 0 Å². The van der Waals surface area contributed by atoms with Gasteiger partial charge in [-0.1, -0.05) is 140 Å². The molecule has 0 spiro atoms. The van der Waals surface area contributed by atoms with Crippen molar-refractivity contribution in [3.63, 3.8) is 0 Å². The first-order valence-corrected chi connectivity index (χ1v) is 20.3. The summed E-state index contributed by atoms with van der Waals surface area (Å²) in [7, 11) is 0. The lowest BCUT2D eigenvalue weighted by Crippen LogP contribution is -2.20. The molecule has 11 aromatic rings. The van der Waals surface area contributed by atoms with E-state index in [0.717, 1.165) is 94.1 Å². The van der Waals surface area contributed by atoms with Crippen molar-refractivity contribution >= 4 is 86.9 Å². The molecule has 1 aliphatic rings. The standard InChI is InChI=1S/C53H32N2O2S/c1-31-50(36-24-27-42-46(29-36)56-44-20-11-17-37(49(42)44)32-12-4-2-5-13-32)54-53(33-14-6-3-7-15-33)55-51(31)43-19-10-18-41-38-25-22-34(28-45(38)57-52(41)43)35-23-26-40-39-16-8-9-21-47(39)58-48(40)30-35/h2-30,50H,1H2. The van der Waals surface area contributed by atoms with Gasteiger partial charge in [-0.05, 0) is 70.3 Å². The largest absolute Gasteiger partial charge is 0.456 e. The van der Waals surface area contributed by atoms with E-state index in [1.807, 2.05) is 41.7 Å². The van der Waals surface area contributed by atoms with Gasteiger partial charge in [0.2, 0.25) is 0 Å². The molecule has 4 nitrogen and oxygen atoms in total. The molecule has 8 aromatic carbocycles. The Balaban J connectivity index is 0.970. The van der Waals surface area contributed by atoms with Gasteiger partial charge >= 0.3 is 0 Å². The molecule has 0 N–H and O–H groups in total. The van der Waals surface area contributed by atoms with E-state index in [2.05, 4.69) is 152 Å². The SMILES string of the molecule is C=C1C(c2cccc3c2oc2cc(-c4ccc5c(c4)sc4ccccc45)ccc23)=NC(c2ccccc2)=NC1c1ccc2c(c1)oc1cccc(-c3ccccc3)c12.